The summed E-state index contributed by atoms with van der Waals surface area (Å²) in [4.78, 5) is 10.7. The van der Waals surface area contributed by atoms with Crippen LogP contribution < -0.4 is 4.67 Å². The van der Waals surface area contributed by atoms with E-state index in [1.165, 1.54) is 0 Å². The number of hydrogen-bond donors (Lipinski definition) is 0. The molecule has 1 aliphatic heterocycles. The molecule has 0 radical (unpaired) electrons. The van der Waals surface area contributed by atoms with E-state index < -0.39 is 0 Å². The quantitative estimate of drug-likeness (QED) is 0.387. The minimum atomic E-state index is 0.171. The van der Waals surface area contributed by atoms with Gasteiger partial charge in [0.15, 0.2) is 5.78 Å². The van der Waals surface area contributed by atoms with Crippen LogP contribution >= 0.6 is 0 Å². The first-order chi connectivity index (χ1) is 3.86. The zero-order valence-electron chi connectivity index (χ0n) is 4.42. The number of hydrogen-bond acceptors (Lipinski definition) is 1. The third-order valence-electron chi connectivity index (χ3n) is 1.68. The molecule has 0 spiro atoms. The van der Waals surface area contributed by atoms with Crippen molar-refractivity contribution < 1.29 is 4.79 Å². The Morgan fingerprint density at radius 1 is 1.75 bits per heavy atom. The van der Waals surface area contributed by atoms with Gasteiger partial charge >= 0.3 is 0 Å². The lowest BCUT2D eigenvalue weighted by Crippen LogP contribution is -2.09. The fraction of sp³-hybridized carbons (Fsp3) is 0.500. The molecule has 2 bridgehead atoms. The molecule has 2 rings (SSSR count). The minimum absolute atomic E-state index is 0.171. The third-order valence-corrected chi connectivity index (χ3v) is 1.68. The highest BCUT2D eigenvalue weighted by molar-refractivity contribution is 6.18. The molecule has 1 fully saturated rings. The first-order valence-electron chi connectivity index (χ1n) is 2.78. The average molecular weight is 108 g/mol. The van der Waals surface area contributed by atoms with Crippen molar-refractivity contribution in [2.75, 3.05) is 0 Å². The molecule has 0 aromatic carbocycles. The molecule has 1 unspecified atom stereocenters. The lowest BCUT2D eigenvalue weighted by atomic mass is 10.1. The molecular formula is C6H6NO+. The Morgan fingerprint density at radius 3 is 2.88 bits per heavy atom. The van der Waals surface area contributed by atoms with Gasteiger partial charge in [-0.3, -0.25) is 4.79 Å². The Labute approximate surface area is 47.0 Å². The second-order valence-electron chi connectivity index (χ2n) is 2.30. The van der Waals surface area contributed by atoms with Crippen molar-refractivity contribution in [3.8, 4) is 0 Å². The third kappa shape index (κ3) is 0.334. The highest BCUT2D eigenvalue weighted by Gasteiger charge is 2.40. The maximum Gasteiger partial charge on any atom is 0.288 e. The first-order valence-corrected chi connectivity index (χ1v) is 2.78. The van der Waals surface area contributed by atoms with Crippen molar-refractivity contribution in [3.05, 3.63) is 0 Å². The Bertz CT molecular complexity index is 209. The fourth-order valence-corrected chi connectivity index (χ4v) is 1.20. The molecule has 40 valence electrons. The van der Waals surface area contributed by atoms with Gasteiger partial charge in [0.05, 0.1) is 6.42 Å². The normalized spacial score (nSPS) is 31.8. The van der Waals surface area contributed by atoms with E-state index in [1.807, 2.05) is 0 Å². The maximum atomic E-state index is 10.7. The molecule has 0 amide bonds. The molecule has 0 aromatic rings. The van der Waals surface area contributed by atoms with Crippen molar-refractivity contribution in [1.29, 1.82) is 0 Å². The molecule has 0 aromatic heterocycles. The second-order valence-corrected chi connectivity index (χ2v) is 2.30. The molecule has 2 aliphatic rings. The van der Waals surface area contributed by atoms with E-state index in [4.69, 9.17) is 0 Å². The van der Waals surface area contributed by atoms with Crippen LogP contribution in [0.15, 0.2) is 0 Å². The topological polar surface area (TPSA) is 31.2 Å². The predicted octanol–water partition coefficient (Wildman–Crippen LogP) is -0.442. The van der Waals surface area contributed by atoms with Gasteiger partial charge in [0.25, 0.3) is 11.9 Å². The fourth-order valence-electron chi connectivity index (χ4n) is 1.20. The molecule has 0 N–H and O–H groups in total. The van der Waals surface area contributed by atoms with Crippen molar-refractivity contribution in [2.45, 2.75) is 12.8 Å². The van der Waals surface area contributed by atoms with Crippen molar-refractivity contribution in [1.82, 2.24) is 4.67 Å². The lowest BCUT2D eigenvalue weighted by molar-refractivity contribution is -0.118. The standard InChI is InChI=1S/C6H6NO/c8-6-2-5-1-4(6)3-7-5/h3-4H,1-2H2/q+1. The van der Waals surface area contributed by atoms with Gasteiger partial charge in [-0.05, 0) is 0 Å². The van der Waals surface area contributed by atoms with E-state index in [0.29, 0.717) is 12.2 Å². The minimum Gasteiger partial charge on any atom is -0.298 e. The van der Waals surface area contributed by atoms with E-state index in [2.05, 4.69) is 4.67 Å². The summed E-state index contributed by atoms with van der Waals surface area (Å²) in [6.07, 6.45) is 3.31. The van der Waals surface area contributed by atoms with Crippen LogP contribution in [-0.2, 0) is 4.79 Å². The highest BCUT2D eigenvalue weighted by Crippen LogP contribution is 2.17. The van der Waals surface area contributed by atoms with E-state index in [9.17, 15) is 4.79 Å². The Hall–Kier alpha value is -0.880. The predicted molar refractivity (Wildman–Crippen MR) is 30.9 cm³/mol. The van der Waals surface area contributed by atoms with Crippen LogP contribution in [0.2, 0.25) is 0 Å². The van der Waals surface area contributed by atoms with Gasteiger partial charge in [-0.25, -0.2) is 0 Å². The zero-order chi connectivity index (χ0) is 5.56. The molecule has 2 nitrogen and oxygen atoms in total. The average Bonchev–Trinajstić information content (AvgIpc) is 2.23. The van der Waals surface area contributed by atoms with Crippen molar-refractivity contribution in [2.24, 2.45) is 5.92 Å². The summed E-state index contributed by atoms with van der Waals surface area (Å²) in [5, 5.41) is 0. The van der Waals surface area contributed by atoms with Crippen LogP contribution in [0.3, 0.4) is 0 Å². The molecule has 1 heterocycles. The summed E-state index contributed by atoms with van der Waals surface area (Å²) in [5.41, 5.74) is 1.08. The van der Waals surface area contributed by atoms with Crippen LogP contribution in [0, 0.1) is 5.92 Å². The summed E-state index contributed by atoms with van der Waals surface area (Å²) >= 11 is 0. The number of Topliss-reactive ketones (excluding diaryl/α,β-unsaturated/α-hetero) is 1. The van der Waals surface area contributed by atoms with Crippen molar-refractivity contribution in [3.63, 3.8) is 0 Å². The summed E-state index contributed by atoms with van der Waals surface area (Å²) in [6.45, 7) is 0. The molecule has 1 aliphatic carbocycles. The van der Waals surface area contributed by atoms with Gasteiger partial charge in [-0.2, -0.15) is 0 Å². The van der Waals surface area contributed by atoms with Gasteiger partial charge < -0.3 is 0 Å². The molecule has 1 saturated carbocycles. The SMILES string of the molecule is O=C1CC2=[N+]=CC1C2. The molecule has 2 heteroatoms. The number of ketones is 1. The second kappa shape index (κ2) is 1.09. The smallest absolute Gasteiger partial charge is 0.288 e. The van der Waals surface area contributed by atoms with Gasteiger partial charge in [0, 0.05) is 0 Å². The number of carbonyl (C=O) groups is 1. The van der Waals surface area contributed by atoms with Gasteiger partial charge in [-0.1, -0.05) is 0 Å². The lowest BCUT2D eigenvalue weighted by Gasteiger charge is -1.83. The Kier molecular flexibility index (Phi) is 0.552. The Balaban J connectivity index is 2.48. The van der Waals surface area contributed by atoms with Crippen LogP contribution in [0.25, 0.3) is 0 Å². The summed E-state index contributed by atoms with van der Waals surface area (Å²) in [5.74, 6) is 0.528. The molecule has 8 heavy (non-hydrogen) atoms. The van der Waals surface area contributed by atoms with Crippen LogP contribution in [0.4, 0.5) is 0 Å². The van der Waals surface area contributed by atoms with Gasteiger partial charge in [0.2, 0.25) is 0 Å². The number of fused-ring (bicyclic) bond motifs is 2. The molecular weight excluding hydrogens is 102 g/mol. The number of nitrogens with zero attached hydrogens (tertiary/aromatic N) is 1. The Morgan fingerprint density at radius 2 is 2.62 bits per heavy atom. The highest BCUT2D eigenvalue weighted by atomic mass is 16.1. The van der Waals surface area contributed by atoms with E-state index in [0.717, 1.165) is 12.1 Å². The summed E-state index contributed by atoms with van der Waals surface area (Å²) < 4.78 is 4.03. The first kappa shape index (κ1) is 4.04. The van der Waals surface area contributed by atoms with E-state index in [1.54, 1.807) is 6.21 Å². The van der Waals surface area contributed by atoms with Crippen LogP contribution in [0.1, 0.15) is 12.8 Å². The maximum absolute atomic E-state index is 10.7. The van der Waals surface area contributed by atoms with Crippen molar-refractivity contribution >= 4 is 17.7 Å². The van der Waals surface area contributed by atoms with Crippen LogP contribution in [-0.4, -0.2) is 17.7 Å². The molecule has 1 atom stereocenters. The zero-order valence-corrected chi connectivity index (χ0v) is 4.42. The van der Waals surface area contributed by atoms with Gasteiger partial charge in [-0.15, -0.1) is 4.67 Å². The van der Waals surface area contributed by atoms with Crippen LogP contribution in [0.5, 0.6) is 0 Å². The largest absolute Gasteiger partial charge is 0.298 e. The number of rotatable bonds is 0. The summed E-state index contributed by atoms with van der Waals surface area (Å²) in [6, 6.07) is 0. The molecule has 0 saturated heterocycles. The monoisotopic (exact) mass is 108 g/mol. The number of carbonyl (C=O) groups excluding carboxylic acids is 1. The van der Waals surface area contributed by atoms with E-state index in [-0.39, 0.29) is 5.92 Å². The summed E-state index contributed by atoms with van der Waals surface area (Å²) in [7, 11) is 0. The van der Waals surface area contributed by atoms with Gasteiger partial charge in [0.1, 0.15) is 12.3 Å². The van der Waals surface area contributed by atoms with E-state index >= 15 is 0 Å².